The first-order valence-corrected chi connectivity index (χ1v) is 9.78. The molecule has 3 rings (SSSR count). The zero-order chi connectivity index (χ0) is 16.2. The predicted octanol–water partition coefficient (Wildman–Crippen LogP) is 5.33. The van der Waals surface area contributed by atoms with E-state index >= 15 is 0 Å². The van der Waals surface area contributed by atoms with E-state index in [0.29, 0.717) is 10.8 Å². The summed E-state index contributed by atoms with van der Waals surface area (Å²) < 4.78 is 2.44. The van der Waals surface area contributed by atoms with Crippen molar-refractivity contribution < 1.29 is 4.48 Å². The normalized spacial score (nSPS) is 33.4. The Morgan fingerprint density at radius 1 is 1.14 bits per heavy atom. The minimum absolute atomic E-state index is 0.542. The topological polar surface area (TPSA) is 0 Å². The van der Waals surface area contributed by atoms with Gasteiger partial charge in [-0.1, -0.05) is 32.9 Å². The zero-order valence-corrected chi connectivity index (χ0v) is 17.0. The summed E-state index contributed by atoms with van der Waals surface area (Å²) in [5.74, 6) is 1.85. The van der Waals surface area contributed by atoms with E-state index in [-0.39, 0.29) is 0 Å². The molecule has 2 aliphatic carbocycles. The second-order valence-corrected chi connectivity index (χ2v) is 10.5. The van der Waals surface area contributed by atoms with Crippen LogP contribution in [0.4, 0.5) is 0 Å². The average molecular weight is 412 g/mol. The molecule has 0 amide bonds. The van der Waals surface area contributed by atoms with Crippen molar-refractivity contribution in [2.75, 3.05) is 20.6 Å². The molecule has 2 fully saturated rings. The maximum Gasteiger partial charge on any atom is 0.104 e. The van der Waals surface area contributed by atoms with E-state index in [2.05, 4.69) is 81.7 Å². The van der Waals surface area contributed by atoms with Crippen molar-refractivity contribution in [3.8, 4) is 0 Å². The van der Waals surface area contributed by atoms with Crippen LogP contribution in [0.1, 0.15) is 45.6 Å². The van der Waals surface area contributed by atoms with E-state index in [9.17, 15) is 0 Å². The van der Waals surface area contributed by atoms with E-state index < -0.39 is 0 Å². The fourth-order valence-electron chi connectivity index (χ4n) is 5.39. The molecule has 2 bridgehead atoms. The molecule has 0 aromatic heterocycles. The van der Waals surface area contributed by atoms with Crippen molar-refractivity contribution in [2.24, 2.45) is 22.7 Å². The van der Waals surface area contributed by atoms with Gasteiger partial charge in [0, 0.05) is 15.1 Å². The number of halogens is 1. The molecule has 1 nitrogen and oxygen atoms in total. The largest absolute Gasteiger partial charge is 0.324 e. The van der Waals surface area contributed by atoms with Crippen molar-refractivity contribution in [1.29, 1.82) is 0 Å². The Kier molecular flexibility index (Phi) is 4.17. The maximum absolute atomic E-state index is 2.58. The molecule has 2 aliphatic rings. The maximum atomic E-state index is 2.58. The fraction of sp³-hybridized carbons (Fsp3) is 0.700. The van der Waals surface area contributed by atoms with Crippen LogP contribution in [-0.2, 0) is 6.54 Å². The molecule has 1 aromatic rings. The van der Waals surface area contributed by atoms with Crippen LogP contribution in [0, 0.1) is 26.2 Å². The molecule has 1 unspecified atom stereocenters. The number of hydrogen-bond acceptors (Lipinski definition) is 0. The standard InChI is InChI=1S/C20H31IN/c1-19(2)16-10-11-20(19,3)17(12-16)14-22(4,5)13-15-6-8-18(21)9-7-15/h6-9,16-17H,10-14H2,1-5H3/q+1/t16-,17?,20+/m1/s1. The monoisotopic (exact) mass is 412 g/mol. The molecule has 0 spiro atoms. The molecule has 2 saturated carbocycles. The quantitative estimate of drug-likeness (QED) is 0.463. The summed E-state index contributed by atoms with van der Waals surface area (Å²) in [5, 5.41) is 0. The third kappa shape index (κ3) is 2.75. The van der Waals surface area contributed by atoms with Crippen LogP contribution in [0.3, 0.4) is 0 Å². The molecule has 122 valence electrons. The van der Waals surface area contributed by atoms with Crippen LogP contribution in [0.15, 0.2) is 24.3 Å². The Hall–Kier alpha value is -0.0900. The first-order valence-electron chi connectivity index (χ1n) is 8.70. The number of fused-ring (bicyclic) bond motifs is 2. The lowest BCUT2D eigenvalue weighted by atomic mass is 9.66. The second kappa shape index (κ2) is 5.47. The van der Waals surface area contributed by atoms with Crippen LogP contribution in [0.2, 0.25) is 0 Å². The van der Waals surface area contributed by atoms with E-state index in [0.717, 1.165) is 22.9 Å². The molecule has 0 heterocycles. The number of quaternary nitrogens is 1. The number of rotatable bonds is 4. The summed E-state index contributed by atoms with van der Waals surface area (Å²) >= 11 is 2.39. The lowest BCUT2D eigenvalue weighted by molar-refractivity contribution is -0.907. The molecule has 1 aromatic carbocycles. The summed E-state index contributed by atoms with van der Waals surface area (Å²) in [5.41, 5.74) is 2.57. The van der Waals surface area contributed by atoms with E-state index in [1.54, 1.807) is 0 Å². The van der Waals surface area contributed by atoms with Crippen molar-refractivity contribution in [3.63, 3.8) is 0 Å². The van der Waals surface area contributed by atoms with Crippen molar-refractivity contribution in [1.82, 2.24) is 0 Å². The van der Waals surface area contributed by atoms with Gasteiger partial charge in [0.15, 0.2) is 0 Å². The van der Waals surface area contributed by atoms with Crippen molar-refractivity contribution in [2.45, 2.75) is 46.6 Å². The fourth-order valence-corrected chi connectivity index (χ4v) is 5.75. The van der Waals surface area contributed by atoms with Gasteiger partial charge < -0.3 is 4.48 Å². The van der Waals surface area contributed by atoms with Gasteiger partial charge in [-0.2, -0.15) is 0 Å². The Morgan fingerprint density at radius 3 is 2.27 bits per heavy atom. The van der Waals surface area contributed by atoms with Crippen LogP contribution in [-0.4, -0.2) is 25.1 Å². The van der Waals surface area contributed by atoms with Crippen molar-refractivity contribution >= 4 is 22.6 Å². The molecule has 0 saturated heterocycles. The molecular formula is C20H31IN+. The molecule has 0 N–H and O–H groups in total. The third-order valence-corrected chi connectivity index (χ3v) is 7.93. The summed E-state index contributed by atoms with van der Waals surface area (Å²) in [6.07, 6.45) is 4.36. The Morgan fingerprint density at radius 2 is 1.77 bits per heavy atom. The van der Waals surface area contributed by atoms with E-state index in [4.69, 9.17) is 0 Å². The lowest BCUT2D eigenvalue weighted by Gasteiger charge is -2.43. The van der Waals surface area contributed by atoms with Gasteiger partial charge >= 0.3 is 0 Å². The van der Waals surface area contributed by atoms with Gasteiger partial charge in [0.1, 0.15) is 6.54 Å². The lowest BCUT2D eigenvalue weighted by Crippen LogP contribution is -2.47. The van der Waals surface area contributed by atoms with Crippen LogP contribution in [0.25, 0.3) is 0 Å². The number of benzene rings is 1. The average Bonchev–Trinajstić information content (AvgIpc) is 2.74. The molecule has 22 heavy (non-hydrogen) atoms. The van der Waals surface area contributed by atoms with Crippen LogP contribution in [0.5, 0.6) is 0 Å². The van der Waals surface area contributed by atoms with Crippen molar-refractivity contribution in [3.05, 3.63) is 33.4 Å². The Bertz CT molecular complexity index is 545. The second-order valence-electron chi connectivity index (χ2n) is 9.21. The number of nitrogens with zero attached hydrogens (tertiary/aromatic N) is 1. The van der Waals surface area contributed by atoms with Gasteiger partial charge in [0.05, 0.1) is 20.6 Å². The highest BCUT2D eigenvalue weighted by atomic mass is 127. The molecule has 0 radical (unpaired) electrons. The van der Waals surface area contributed by atoms with Crippen LogP contribution < -0.4 is 0 Å². The minimum atomic E-state index is 0.542. The molecular weight excluding hydrogens is 381 g/mol. The van der Waals surface area contributed by atoms with Gasteiger partial charge in [-0.3, -0.25) is 0 Å². The van der Waals surface area contributed by atoms with Gasteiger partial charge in [-0.15, -0.1) is 0 Å². The summed E-state index contributed by atoms with van der Waals surface area (Å²) in [6.45, 7) is 10.1. The van der Waals surface area contributed by atoms with E-state index in [1.807, 2.05) is 0 Å². The molecule has 0 aliphatic heterocycles. The van der Waals surface area contributed by atoms with Crippen LogP contribution >= 0.6 is 22.6 Å². The third-order valence-electron chi connectivity index (χ3n) is 7.21. The van der Waals surface area contributed by atoms with E-state index in [1.165, 1.54) is 34.9 Å². The van der Waals surface area contributed by atoms with Gasteiger partial charge in [0.25, 0.3) is 0 Å². The predicted molar refractivity (Wildman–Crippen MR) is 103 cm³/mol. The zero-order valence-electron chi connectivity index (χ0n) is 14.8. The first kappa shape index (κ1) is 16.8. The highest BCUT2D eigenvalue weighted by molar-refractivity contribution is 14.1. The smallest absolute Gasteiger partial charge is 0.104 e. The highest BCUT2D eigenvalue weighted by Crippen LogP contribution is 2.68. The summed E-state index contributed by atoms with van der Waals surface area (Å²) in [7, 11) is 4.83. The SMILES string of the molecule is CC1(C)[C@@H]2CC[C@@]1(C)C(C[N+](C)(C)Cc1ccc(I)cc1)C2. The highest BCUT2D eigenvalue weighted by Gasteiger charge is 2.62. The molecule has 3 atom stereocenters. The molecule has 2 heteroatoms. The van der Waals surface area contributed by atoms with Gasteiger partial charge in [-0.25, -0.2) is 0 Å². The first-order chi connectivity index (χ1) is 10.1. The van der Waals surface area contributed by atoms with Gasteiger partial charge in [-0.05, 0) is 70.7 Å². The Labute approximate surface area is 150 Å². The Balaban J connectivity index is 1.71. The number of hydrogen-bond donors (Lipinski definition) is 0. The van der Waals surface area contributed by atoms with Gasteiger partial charge in [0.2, 0.25) is 0 Å². The summed E-state index contributed by atoms with van der Waals surface area (Å²) in [4.78, 5) is 0. The summed E-state index contributed by atoms with van der Waals surface area (Å²) in [6, 6.07) is 9.07. The minimum Gasteiger partial charge on any atom is -0.324 e.